The topological polar surface area (TPSA) is 32.3 Å². The number of nitrogens with zero attached hydrogens (tertiary/aromatic N) is 1. The molecule has 0 aromatic heterocycles. The molecule has 0 unspecified atom stereocenters. The Bertz CT molecular complexity index is 458. The van der Waals surface area contributed by atoms with Crippen molar-refractivity contribution in [2.24, 2.45) is 5.92 Å². The maximum Gasteiger partial charge on any atom is 0.234 e. The molecule has 0 radical (unpaired) electrons. The smallest absolute Gasteiger partial charge is 0.234 e. The summed E-state index contributed by atoms with van der Waals surface area (Å²) < 4.78 is 12.8. The summed E-state index contributed by atoms with van der Waals surface area (Å²) in [5.74, 6) is 1.64. The van der Waals surface area contributed by atoms with Crippen molar-refractivity contribution in [3.63, 3.8) is 0 Å². The van der Waals surface area contributed by atoms with E-state index in [2.05, 4.69) is 17.1 Å². The molecule has 122 valence electrons. The van der Waals surface area contributed by atoms with Crippen LogP contribution in [-0.2, 0) is 4.79 Å². The zero-order valence-corrected chi connectivity index (χ0v) is 14.0. The quantitative estimate of drug-likeness (QED) is 0.618. The second kappa shape index (κ2) is 9.16. The molecular weight excluding hydrogens is 299 g/mol. The monoisotopic (exact) mass is 324 g/mol. The molecule has 1 amide bonds. The van der Waals surface area contributed by atoms with Crippen molar-refractivity contribution in [3.05, 3.63) is 30.1 Å². The summed E-state index contributed by atoms with van der Waals surface area (Å²) in [5, 5.41) is 2.98. The number of benzene rings is 1. The van der Waals surface area contributed by atoms with Gasteiger partial charge in [-0.1, -0.05) is 6.92 Å². The number of nitrogens with one attached hydrogen (secondary N) is 1. The molecule has 0 aliphatic carbocycles. The fourth-order valence-corrected chi connectivity index (χ4v) is 3.35. The highest BCUT2D eigenvalue weighted by Crippen LogP contribution is 2.18. The number of piperidine rings is 1. The van der Waals surface area contributed by atoms with Crippen LogP contribution >= 0.6 is 11.8 Å². The number of rotatable bonds is 7. The molecule has 0 spiro atoms. The molecule has 0 saturated carbocycles. The molecule has 1 aromatic rings. The van der Waals surface area contributed by atoms with E-state index in [1.54, 1.807) is 23.9 Å². The molecule has 1 aliphatic rings. The minimum absolute atomic E-state index is 0.126. The summed E-state index contributed by atoms with van der Waals surface area (Å²) in [4.78, 5) is 15.2. The summed E-state index contributed by atoms with van der Waals surface area (Å²) in [5.41, 5.74) is 0. The molecular formula is C17H25FN2OS. The van der Waals surface area contributed by atoms with Crippen LogP contribution in [0.4, 0.5) is 4.39 Å². The first kappa shape index (κ1) is 17.3. The number of hydrogen-bond acceptors (Lipinski definition) is 3. The molecule has 1 aliphatic heterocycles. The predicted octanol–water partition coefficient (Wildman–Crippen LogP) is 3.16. The third-order valence-corrected chi connectivity index (χ3v) is 5.07. The van der Waals surface area contributed by atoms with E-state index in [9.17, 15) is 9.18 Å². The van der Waals surface area contributed by atoms with Gasteiger partial charge in [0.05, 0.1) is 6.54 Å². The summed E-state index contributed by atoms with van der Waals surface area (Å²) >= 11 is 1.69. The van der Waals surface area contributed by atoms with Crippen LogP contribution in [0, 0.1) is 11.7 Å². The number of amides is 1. The first-order valence-corrected chi connectivity index (χ1v) is 8.99. The first-order valence-electron chi connectivity index (χ1n) is 8.01. The molecule has 1 aromatic carbocycles. The Morgan fingerprint density at radius 2 is 2.00 bits per heavy atom. The van der Waals surface area contributed by atoms with Crippen molar-refractivity contribution < 1.29 is 9.18 Å². The van der Waals surface area contributed by atoms with E-state index in [1.807, 2.05) is 0 Å². The van der Waals surface area contributed by atoms with Crippen LogP contribution in [0.15, 0.2) is 29.2 Å². The van der Waals surface area contributed by atoms with Gasteiger partial charge in [-0.15, -0.1) is 11.8 Å². The van der Waals surface area contributed by atoms with Gasteiger partial charge in [0.2, 0.25) is 5.91 Å². The van der Waals surface area contributed by atoms with Crippen molar-refractivity contribution in [3.8, 4) is 0 Å². The third kappa shape index (κ3) is 6.36. The highest BCUT2D eigenvalue weighted by atomic mass is 32.2. The molecule has 1 saturated heterocycles. The van der Waals surface area contributed by atoms with Gasteiger partial charge in [-0.05, 0) is 68.3 Å². The lowest BCUT2D eigenvalue weighted by Crippen LogP contribution is -2.41. The van der Waals surface area contributed by atoms with Gasteiger partial charge >= 0.3 is 0 Å². The van der Waals surface area contributed by atoms with E-state index >= 15 is 0 Å². The predicted molar refractivity (Wildman–Crippen MR) is 89.6 cm³/mol. The molecule has 0 atom stereocenters. The van der Waals surface area contributed by atoms with Gasteiger partial charge in [-0.25, -0.2) is 4.39 Å². The summed E-state index contributed by atoms with van der Waals surface area (Å²) in [6.45, 7) is 5.58. The SMILES string of the molecule is CC1CCN(CC(=O)NCCCSc2ccc(F)cc2)CC1. The van der Waals surface area contributed by atoms with Crippen LogP contribution in [0.3, 0.4) is 0 Å². The highest BCUT2D eigenvalue weighted by molar-refractivity contribution is 7.99. The number of carbonyl (C=O) groups is 1. The van der Waals surface area contributed by atoms with Gasteiger partial charge in [-0.3, -0.25) is 9.69 Å². The lowest BCUT2D eigenvalue weighted by molar-refractivity contribution is -0.122. The van der Waals surface area contributed by atoms with Crippen LogP contribution in [0.2, 0.25) is 0 Å². The Kier molecular flexibility index (Phi) is 7.19. The van der Waals surface area contributed by atoms with Gasteiger partial charge in [0.15, 0.2) is 0 Å². The number of hydrogen-bond donors (Lipinski definition) is 1. The van der Waals surface area contributed by atoms with Crippen LogP contribution in [0.5, 0.6) is 0 Å². The van der Waals surface area contributed by atoms with Crippen molar-refractivity contribution in [2.45, 2.75) is 31.1 Å². The average molecular weight is 324 g/mol. The fraction of sp³-hybridized carbons (Fsp3) is 0.588. The maximum absolute atomic E-state index is 12.8. The largest absolute Gasteiger partial charge is 0.355 e. The van der Waals surface area contributed by atoms with Crippen molar-refractivity contribution in [1.82, 2.24) is 10.2 Å². The summed E-state index contributed by atoms with van der Waals surface area (Å²) in [6, 6.07) is 6.53. The Hall–Kier alpha value is -1.07. The first-order chi connectivity index (χ1) is 10.6. The van der Waals surface area contributed by atoms with Gasteiger partial charge < -0.3 is 5.32 Å². The van der Waals surface area contributed by atoms with Crippen LogP contribution in [0.1, 0.15) is 26.2 Å². The Balaban J connectivity index is 1.52. The van der Waals surface area contributed by atoms with E-state index in [1.165, 1.54) is 25.0 Å². The van der Waals surface area contributed by atoms with E-state index in [0.717, 1.165) is 36.1 Å². The van der Waals surface area contributed by atoms with E-state index < -0.39 is 0 Å². The van der Waals surface area contributed by atoms with Crippen LogP contribution in [-0.4, -0.2) is 42.7 Å². The molecule has 3 nitrogen and oxygen atoms in total. The minimum Gasteiger partial charge on any atom is -0.355 e. The van der Waals surface area contributed by atoms with E-state index in [4.69, 9.17) is 0 Å². The average Bonchev–Trinajstić information content (AvgIpc) is 2.51. The Morgan fingerprint density at radius 1 is 1.32 bits per heavy atom. The molecule has 1 N–H and O–H groups in total. The lowest BCUT2D eigenvalue weighted by Gasteiger charge is -2.29. The molecule has 2 rings (SSSR count). The van der Waals surface area contributed by atoms with Gasteiger partial charge in [0.1, 0.15) is 5.82 Å². The molecule has 22 heavy (non-hydrogen) atoms. The number of thioether (sulfide) groups is 1. The van der Waals surface area contributed by atoms with Gasteiger partial charge in [-0.2, -0.15) is 0 Å². The zero-order chi connectivity index (χ0) is 15.8. The second-order valence-corrected chi connectivity index (χ2v) is 7.13. The van der Waals surface area contributed by atoms with Crippen LogP contribution < -0.4 is 5.32 Å². The third-order valence-electron chi connectivity index (χ3n) is 3.97. The fourth-order valence-electron chi connectivity index (χ4n) is 2.50. The molecule has 0 bridgehead atoms. The number of halogens is 1. The summed E-state index contributed by atoms with van der Waals surface area (Å²) in [7, 11) is 0. The minimum atomic E-state index is -0.205. The number of likely N-dealkylation sites (tertiary alicyclic amines) is 1. The molecule has 5 heteroatoms. The maximum atomic E-state index is 12.8. The Labute approximate surface area is 136 Å². The zero-order valence-electron chi connectivity index (χ0n) is 13.2. The molecule has 1 fully saturated rings. The van der Waals surface area contributed by atoms with Gasteiger partial charge in [0, 0.05) is 11.4 Å². The van der Waals surface area contributed by atoms with E-state index in [-0.39, 0.29) is 11.7 Å². The normalized spacial score (nSPS) is 16.6. The number of carbonyl (C=O) groups excluding carboxylic acids is 1. The van der Waals surface area contributed by atoms with Crippen LogP contribution in [0.25, 0.3) is 0 Å². The van der Waals surface area contributed by atoms with Crippen molar-refractivity contribution >= 4 is 17.7 Å². The second-order valence-electron chi connectivity index (χ2n) is 5.96. The van der Waals surface area contributed by atoms with Crippen molar-refractivity contribution in [1.29, 1.82) is 0 Å². The van der Waals surface area contributed by atoms with E-state index in [0.29, 0.717) is 13.1 Å². The van der Waals surface area contributed by atoms with Gasteiger partial charge in [0.25, 0.3) is 0 Å². The lowest BCUT2D eigenvalue weighted by atomic mass is 9.99. The standard InChI is InChI=1S/C17H25FN2OS/c1-14-7-10-20(11-8-14)13-17(21)19-9-2-12-22-16-5-3-15(18)4-6-16/h3-6,14H,2,7-13H2,1H3,(H,19,21). The molecule has 1 heterocycles. The Morgan fingerprint density at radius 3 is 2.68 bits per heavy atom. The van der Waals surface area contributed by atoms with Crippen molar-refractivity contribution in [2.75, 3.05) is 31.9 Å². The summed E-state index contributed by atoms with van der Waals surface area (Å²) in [6.07, 6.45) is 3.31. The highest BCUT2D eigenvalue weighted by Gasteiger charge is 2.17.